The lowest BCUT2D eigenvalue weighted by molar-refractivity contribution is 0.547. The van der Waals surface area contributed by atoms with E-state index >= 15 is 0 Å². The fraction of sp³-hybridized carbons (Fsp3) is 0.0333. The molecule has 0 aliphatic heterocycles. The second-order valence-electron chi connectivity index (χ2n) is 16.3. The third-order valence-electron chi connectivity index (χ3n) is 12.6. The Kier molecular flexibility index (Phi) is 8.97. The van der Waals surface area contributed by atoms with Gasteiger partial charge in [0.05, 0.1) is 0 Å². The normalized spacial score (nSPS) is 12.3. The van der Waals surface area contributed by atoms with Gasteiger partial charge < -0.3 is 13.7 Å². The lowest BCUT2D eigenvalue weighted by Gasteiger charge is -2.26. The predicted molar refractivity (Wildman–Crippen MR) is 263 cm³/mol. The molecule has 2 aromatic heterocycles. The number of hydrogen-bond donors (Lipinski definition) is 0. The molecule has 0 atom stereocenters. The molecule has 0 N–H and O–H groups in total. The van der Waals surface area contributed by atoms with Crippen molar-refractivity contribution in [1.82, 2.24) is 0 Å². The molecule has 2 heterocycles. The lowest BCUT2D eigenvalue weighted by Crippen LogP contribution is -2.09. The molecule has 3 heteroatoms. The SMILES string of the molecule is C1=Cc2c(oc3c(-c4ccc(-c5ccc(N(c6ccc(-c7ccccc7)cc6)c6ccc(-c7ccc(-c8cccc9c8oc8ccccc89)cc7)cc6)cc5)cc4)cccc23)CC1. The lowest BCUT2D eigenvalue weighted by atomic mass is 9.97. The number of aryl methyl sites for hydroxylation is 1. The maximum absolute atomic E-state index is 6.44. The van der Waals surface area contributed by atoms with Crippen LogP contribution in [-0.2, 0) is 6.42 Å². The van der Waals surface area contributed by atoms with Gasteiger partial charge in [-0.25, -0.2) is 0 Å². The summed E-state index contributed by atoms with van der Waals surface area (Å²) in [6, 6.07) is 76.0. The highest BCUT2D eigenvalue weighted by Gasteiger charge is 2.19. The minimum absolute atomic E-state index is 0.912. The maximum Gasteiger partial charge on any atom is 0.143 e. The van der Waals surface area contributed by atoms with Crippen molar-refractivity contribution in [3.8, 4) is 55.6 Å². The summed E-state index contributed by atoms with van der Waals surface area (Å²) in [6.45, 7) is 0. The van der Waals surface area contributed by atoms with E-state index in [1.54, 1.807) is 0 Å². The molecule has 0 saturated carbocycles. The summed E-state index contributed by atoms with van der Waals surface area (Å²) in [5.74, 6) is 1.09. The number of furan rings is 2. The van der Waals surface area contributed by atoms with Crippen LogP contribution in [0.5, 0.6) is 0 Å². The molecule has 0 bridgehead atoms. The third-order valence-corrected chi connectivity index (χ3v) is 12.6. The van der Waals surface area contributed by atoms with Crippen LogP contribution in [0.3, 0.4) is 0 Å². The second-order valence-corrected chi connectivity index (χ2v) is 16.3. The van der Waals surface area contributed by atoms with Crippen LogP contribution >= 0.6 is 0 Å². The van der Waals surface area contributed by atoms with E-state index in [9.17, 15) is 0 Å². The first-order chi connectivity index (χ1) is 31.2. The summed E-state index contributed by atoms with van der Waals surface area (Å²) >= 11 is 0. The fourth-order valence-corrected chi connectivity index (χ4v) is 9.34. The Morgan fingerprint density at radius 3 is 1.32 bits per heavy atom. The summed E-state index contributed by atoms with van der Waals surface area (Å²) in [6.07, 6.45) is 6.44. The Morgan fingerprint density at radius 2 is 0.762 bits per heavy atom. The number of nitrogens with zero attached hydrogens (tertiary/aromatic N) is 1. The number of anilines is 3. The van der Waals surface area contributed by atoms with Crippen LogP contribution in [0.15, 0.2) is 227 Å². The average molecular weight is 808 g/mol. The monoisotopic (exact) mass is 807 g/mol. The number of benzene rings is 9. The van der Waals surface area contributed by atoms with Gasteiger partial charge in [0.1, 0.15) is 22.5 Å². The van der Waals surface area contributed by atoms with Gasteiger partial charge in [-0.15, -0.1) is 0 Å². The molecule has 63 heavy (non-hydrogen) atoms. The van der Waals surface area contributed by atoms with Crippen molar-refractivity contribution in [1.29, 1.82) is 0 Å². The molecule has 0 amide bonds. The Bertz CT molecular complexity index is 3450. The molecule has 11 aromatic rings. The number of rotatable bonds is 8. The highest BCUT2D eigenvalue weighted by atomic mass is 16.3. The van der Waals surface area contributed by atoms with Crippen molar-refractivity contribution in [3.05, 3.63) is 230 Å². The van der Waals surface area contributed by atoms with Crippen molar-refractivity contribution in [2.24, 2.45) is 0 Å². The molecule has 3 nitrogen and oxygen atoms in total. The summed E-state index contributed by atoms with van der Waals surface area (Å²) in [5.41, 5.74) is 18.9. The van der Waals surface area contributed by atoms with Crippen LogP contribution in [0, 0.1) is 0 Å². The molecular formula is C60H41NO2. The Hall–Kier alpha value is -8.14. The topological polar surface area (TPSA) is 29.5 Å². The minimum Gasteiger partial charge on any atom is -0.460 e. The Balaban J connectivity index is 0.844. The van der Waals surface area contributed by atoms with Crippen LogP contribution < -0.4 is 4.90 Å². The van der Waals surface area contributed by atoms with E-state index in [-0.39, 0.29) is 0 Å². The van der Waals surface area contributed by atoms with Crippen LogP contribution in [0.2, 0.25) is 0 Å². The van der Waals surface area contributed by atoms with E-state index in [1.807, 2.05) is 12.1 Å². The summed E-state index contributed by atoms with van der Waals surface area (Å²) in [4.78, 5) is 2.33. The van der Waals surface area contributed by atoms with Gasteiger partial charge in [0, 0.05) is 56.3 Å². The minimum atomic E-state index is 0.912. The van der Waals surface area contributed by atoms with Gasteiger partial charge in [0.15, 0.2) is 0 Å². The molecule has 0 radical (unpaired) electrons. The maximum atomic E-state index is 6.44. The first-order valence-electron chi connectivity index (χ1n) is 21.7. The quantitative estimate of drug-likeness (QED) is 0.153. The van der Waals surface area contributed by atoms with Crippen molar-refractivity contribution < 1.29 is 8.83 Å². The van der Waals surface area contributed by atoms with Gasteiger partial charge in [-0.1, -0.05) is 182 Å². The van der Waals surface area contributed by atoms with Crippen molar-refractivity contribution in [2.75, 3.05) is 4.90 Å². The summed E-state index contributed by atoms with van der Waals surface area (Å²) < 4.78 is 12.8. The molecule has 298 valence electrons. The largest absolute Gasteiger partial charge is 0.460 e. The molecular weight excluding hydrogens is 767 g/mol. The third kappa shape index (κ3) is 6.63. The van der Waals surface area contributed by atoms with E-state index in [2.05, 4.69) is 217 Å². The van der Waals surface area contributed by atoms with Crippen LogP contribution in [0.4, 0.5) is 17.1 Å². The standard InChI is InChI=1S/C60H41NO2/c1-2-10-40(11-3-1)43-28-34-48(35-29-43)61(49-36-30-44(31-37-49)41-20-24-46(25-21-41)51-14-8-16-55-53-12-4-6-18-57(53)62-59(51)55)50-38-32-45(33-39-50)42-22-26-47(27-23-42)52-15-9-17-56-54-13-5-7-19-58(54)63-60(52)56/h1-6,8-18,20-39H,7,19H2. The van der Waals surface area contributed by atoms with Crippen molar-refractivity contribution in [3.63, 3.8) is 0 Å². The second kappa shape index (κ2) is 15.4. The van der Waals surface area contributed by atoms with Gasteiger partial charge in [0.25, 0.3) is 0 Å². The zero-order valence-corrected chi connectivity index (χ0v) is 34.5. The summed E-state index contributed by atoms with van der Waals surface area (Å²) in [5, 5.41) is 3.47. The first kappa shape index (κ1) is 36.7. The Labute approximate surface area is 366 Å². The predicted octanol–water partition coefficient (Wildman–Crippen LogP) is 17.1. The Morgan fingerprint density at radius 1 is 0.333 bits per heavy atom. The number of allylic oxidation sites excluding steroid dienone is 1. The van der Waals surface area contributed by atoms with E-state index in [4.69, 9.17) is 8.83 Å². The average Bonchev–Trinajstić information content (AvgIpc) is 3.94. The van der Waals surface area contributed by atoms with Crippen LogP contribution in [0.25, 0.3) is 94.6 Å². The van der Waals surface area contributed by atoms with Crippen molar-refractivity contribution in [2.45, 2.75) is 12.8 Å². The summed E-state index contributed by atoms with van der Waals surface area (Å²) in [7, 11) is 0. The highest BCUT2D eigenvalue weighted by Crippen LogP contribution is 2.41. The van der Waals surface area contributed by atoms with Gasteiger partial charge in [-0.3, -0.25) is 0 Å². The zero-order valence-electron chi connectivity index (χ0n) is 34.5. The van der Waals surface area contributed by atoms with Gasteiger partial charge in [-0.05, 0) is 93.4 Å². The van der Waals surface area contributed by atoms with Gasteiger partial charge in [-0.2, -0.15) is 0 Å². The number of para-hydroxylation sites is 3. The van der Waals surface area contributed by atoms with E-state index in [0.717, 1.165) is 102 Å². The first-order valence-corrected chi connectivity index (χ1v) is 21.7. The molecule has 0 unspecified atom stereocenters. The van der Waals surface area contributed by atoms with Crippen LogP contribution in [-0.4, -0.2) is 0 Å². The van der Waals surface area contributed by atoms with E-state index < -0.39 is 0 Å². The van der Waals surface area contributed by atoms with Gasteiger partial charge >= 0.3 is 0 Å². The van der Waals surface area contributed by atoms with E-state index in [0.29, 0.717) is 0 Å². The highest BCUT2D eigenvalue weighted by molar-refractivity contribution is 6.09. The molecule has 0 spiro atoms. The fourth-order valence-electron chi connectivity index (χ4n) is 9.34. The van der Waals surface area contributed by atoms with Crippen molar-refractivity contribution >= 4 is 56.0 Å². The number of fused-ring (bicyclic) bond motifs is 6. The molecule has 1 aliphatic rings. The number of hydrogen-bond acceptors (Lipinski definition) is 3. The van der Waals surface area contributed by atoms with Crippen LogP contribution in [0.1, 0.15) is 17.7 Å². The molecule has 9 aromatic carbocycles. The van der Waals surface area contributed by atoms with E-state index in [1.165, 1.54) is 27.6 Å². The molecule has 0 fully saturated rings. The molecule has 1 aliphatic carbocycles. The zero-order chi connectivity index (χ0) is 41.7. The smallest absolute Gasteiger partial charge is 0.143 e. The molecule has 12 rings (SSSR count). The van der Waals surface area contributed by atoms with Gasteiger partial charge in [0.2, 0.25) is 0 Å². The molecule has 0 saturated heterocycles.